The Balaban J connectivity index is 2.66. The highest BCUT2D eigenvalue weighted by molar-refractivity contribution is 6.37. The van der Waals surface area contributed by atoms with Gasteiger partial charge < -0.3 is 5.32 Å². The zero-order valence-electron chi connectivity index (χ0n) is 9.06. The van der Waals surface area contributed by atoms with Crippen molar-refractivity contribution in [3.8, 4) is 0 Å². The summed E-state index contributed by atoms with van der Waals surface area (Å²) in [7, 11) is 0. The number of benzene rings is 1. The van der Waals surface area contributed by atoms with Crippen LogP contribution in [0.4, 0.5) is 0 Å². The lowest BCUT2D eigenvalue weighted by atomic mass is 10.2. The summed E-state index contributed by atoms with van der Waals surface area (Å²) in [5.74, 6) is 0.488. The Labute approximate surface area is 106 Å². The molecule has 1 aromatic rings. The van der Waals surface area contributed by atoms with Gasteiger partial charge in [-0.1, -0.05) is 36.2 Å². The highest BCUT2D eigenvalue weighted by Crippen LogP contribution is 2.25. The van der Waals surface area contributed by atoms with E-state index in [4.69, 9.17) is 28.6 Å². The number of hydrogen-bond acceptors (Lipinski definition) is 1. The third-order valence-electron chi connectivity index (χ3n) is 2.01. The Kier molecular flexibility index (Phi) is 5.36. The summed E-state index contributed by atoms with van der Waals surface area (Å²) < 4.78 is 0. The van der Waals surface area contributed by atoms with E-state index in [1.54, 1.807) is 30.5 Å². The van der Waals surface area contributed by atoms with E-state index in [0.29, 0.717) is 15.9 Å². The Morgan fingerprint density at radius 1 is 1.38 bits per heavy atom. The monoisotopic (exact) mass is 256 g/mol. The molecule has 0 spiro atoms. The summed E-state index contributed by atoms with van der Waals surface area (Å²) in [4.78, 5) is 0. The molecule has 86 valence electrons. The Morgan fingerprint density at radius 2 is 2.00 bits per heavy atom. The van der Waals surface area contributed by atoms with Crippen LogP contribution >= 0.6 is 23.2 Å². The van der Waals surface area contributed by atoms with Crippen molar-refractivity contribution in [1.82, 2.24) is 5.32 Å². The molecule has 0 aliphatic heterocycles. The van der Waals surface area contributed by atoms with Crippen molar-refractivity contribution in [3.05, 3.63) is 40.0 Å². The summed E-state index contributed by atoms with van der Waals surface area (Å²) in [6, 6.07) is 5.36. The molecule has 1 rings (SSSR count). The maximum Gasteiger partial charge on any atom is 0.0971 e. The molecule has 4 heteroatoms. The van der Waals surface area contributed by atoms with Gasteiger partial charge in [0.15, 0.2) is 0 Å². The fraction of sp³-hybridized carbons (Fsp3) is 0.250. The molecule has 0 saturated heterocycles. The molecule has 0 amide bonds. The van der Waals surface area contributed by atoms with Crippen molar-refractivity contribution in [2.24, 2.45) is 0 Å². The Bertz CT molecular complexity index is 380. The van der Waals surface area contributed by atoms with Crippen LogP contribution in [0.25, 0.3) is 6.08 Å². The third kappa shape index (κ3) is 3.87. The summed E-state index contributed by atoms with van der Waals surface area (Å²) in [6.45, 7) is 2.03. The van der Waals surface area contributed by atoms with Gasteiger partial charge in [0, 0.05) is 28.2 Å². The molecule has 0 aliphatic rings. The van der Waals surface area contributed by atoms with Gasteiger partial charge in [0.25, 0.3) is 0 Å². The first-order chi connectivity index (χ1) is 7.65. The van der Waals surface area contributed by atoms with Crippen LogP contribution < -0.4 is 5.32 Å². The fourth-order valence-corrected chi connectivity index (χ4v) is 1.74. The van der Waals surface area contributed by atoms with Crippen molar-refractivity contribution in [2.45, 2.75) is 19.8 Å². The van der Waals surface area contributed by atoms with Crippen molar-refractivity contribution < 1.29 is 0 Å². The standard InChI is InChI=1S/C12H14Cl2N2/c1-2-4-12(15)16-8-7-9-10(13)5-3-6-11(9)14/h3,5-8H,2,4H2,1H3,(H2,15,16). The SMILES string of the molecule is CCCC(=N)NC=Cc1c(Cl)cccc1Cl. The van der Waals surface area contributed by atoms with Crippen LogP contribution in [0.15, 0.2) is 24.4 Å². The van der Waals surface area contributed by atoms with Gasteiger partial charge in [-0.15, -0.1) is 0 Å². The van der Waals surface area contributed by atoms with Crippen LogP contribution in [-0.4, -0.2) is 5.84 Å². The summed E-state index contributed by atoms with van der Waals surface area (Å²) in [5, 5.41) is 11.6. The van der Waals surface area contributed by atoms with E-state index in [1.807, 2.05) is 6.92 Å². The summed E-state index contributed by atoms with van der Waals surface area (Å²) in [6.07, 6.45) is 5.15. The smallest absolute Gasteiger partial charge is 0.0971 e. The molecule has 0 atom stereocenters. The highest BCUT2D eigenvalue weighted by Gasteiger charge is 2.00. The number of rotatable bonds is 4. The molecule has 0 radical (unpaired) electrons. The average molecular weight is 257 g/mol. The van der Waals surface area contributed by atoms with E-state index < -0.39 is 0 Å². The maximum absolute atomic E-state index is 7.53. The molecule has 0 saturated carbocycles. The van der Waals surface area contributed by atoms with Crippen molar-refractivity contribution >= 4 is 35.1 Å². The first-order valence-electron chi connectivity index (χ1n) is 5.09. The third-order valence-corrected chi connectivity index (χ3v) is 2.67. The maximum atomic E-state index is 7.53. The second-order valence-electron chi connectivity index (χ2n) is 3.34. The van der Waals surface area contributed by atoms with Crippen LogP contribution in [0.1, 0.15) is 25.3 Å². The van der Waals surface area contributed by atoms with Gasteiger partial charge in [-0.2, -0.15) is 0 Å². The minimum absolute atomic E-state index is 0.488. The summed E-state index contributed by atoms with van der Waals surface area (Å²) >= 11 is 12.0. The van der Waals surface area contributed by atoms with E-state index in [1.165, 1.54) is 0 Å². The average Bonchev–Trinajstić information content (AvgIpc) is 2.23. The highest BCUT2D eigenvalue weighted by atomic mass is 35.5. The zero-order valence-corrected chi connectivity index (χ0v) is 10.6. The van der Waals surface area contributed by atoms with Gasteiger partial charge in [0.2, 0.25) is 0 Å². The second-order valence-corrected chi connectivity index (χ2v) is 4.16. The van der Waals surface area contributed by atoms with E-state index >= 15 is 0 Å². The first-order valence-corrected chi connectivity index (χ1v) is 5.85. The second kappa shape index (κ2) is 6.56. The molecular formula is C12H14Cl2N2. The molecule has 0 fully saturated rings. The quantitative estimate of drug-likeness (QED) is 0.611. The Hall–Kier alpha value is -0.990. The number of halogens is 2. The van der Waals surface area contributed by atoms with E-state index in [9.17, 15) is 0 Å². The number of amidine groups is 1. The van der Waals surface area contributed by atoms with Crippen molar-refractivity contribution in [2.75, 3.05) is 0 Å². The molecular weight excluding hydrogens is 243 g/mol. The molecule has 2 N–H and O–H groups in total. The van der Waals surface area contributed by atoms with E-state index in [0.717, 1.165) is 18.4 Å². The zero-order chi connectivity index (χ0) is 12.0. The lowest BCUT2D eigenvalue weighted by molar-refractivity contribution is 0.950. The van der Waals surface area contributed by atoms with Crippen LogP contribution in [0.5, 0.6) is 0 Å². The molecule has 0 aromatic heterocycles. The fourth-order valence-electron chi connectivity index (χ4n) is 1.22. The molecule has 0 aliphatic carbocycles. The van der Waals surface area contributed by atoms with Crippen LogP contribution in [0.2, 0.25) is 10.0 Å². The molecule has 1 aromatic carbocycles. The Morgan fingerprint density at radius 3 is 2.56 bits per heavy atom. The number of nitrogens with one attached hydrogen (secondary N) is 2. The molecule has 0 heterocycles. The topological polar surface area (TPSA) is 35.9 Å². The van der Waals surface area contributed by atoms with Crippen molar-refractivity contribution in [3.63, 3.8) is 0 Å². The van der Waals surface area contributed by atoms with E-state index in [2.05, 4.69) is 5.32 Å². The van der Waals surface area contributed by atoms with Crippen LogP contribution in [-0.2, 0) is 0 Å². The molecule has 2 nitrogen and oxygen atoms in total. The van der Waals surface area contributed by atoms with E-state index in [-0.39, 0.29) is 0 Å². The van der Waals surface area contributed by atoms with Gasteiger partial charge in [0.05, 0.1) is 5.84 Å². The molecule has 0 bridgehead atoms. The van der Waals surface area contributed by atoms with Gasteiger partial charge in [-0.25, -0.2) is 0 Å². The number of hydrogen-bond donors (Lipinski definition) is 2. The molecule has 16 heavy (non-hydrogen) atoms. The van der Waals surface area contributed by atoms with Gasteiger partial charge in [-0.05, 0) is 24.6 Å². The predicted molar refractivity (Wildman–Crippen MR) is 71.3 cm³/mol. The minimum Gasteiger partial charge on any atom is -0.351 e. The lowest BCUT2D eigenvalue weighted by Crippen LogP contribution is -2.14. The minimum atomic E-state index is 0.488. The van der Waals surface area contributed by atoms with Gasteiger partial charge >= 0.3 is 0 Å². The van der Waals surface area contributed by atoms with Crippen LogP contribution in [0.3, 0.4) is 0 Å². The first kappa shape index (κ1) is 13.1. The van der Waals surface area contributed by atoms with Gasteiger partial charge in [-0.3, -0.25) is 5.41 Å². The normalized spacial score (nSPS) is 10.7. The summed E-state index contributed by atoms with van der Waals surface area (Å²) in [5.41, 5.74) is 0.766. The largest absolute Gasteiger partial charge is 0.351 e. The van der Waals surface area contributed by atoms with Crippen LogP contribution in [0, 0.1) is 5.41 Å². The van der Waals surface area contributed by atoms with Gasteiger partial charge in [0.1, 0.15) is 0 Å². The predicted octanol–water partition coefficient (Wildman–Crippen LogP) is 4.33. The van der Waals surface area contributed by atoms with Crippen molar-refractivity contribution in [1.29, 1.82) is 5.41 Å². The lowest BCUT2D eigenvalue weighted by Gasteiger charge is -2.03. The molecule has 0 unspecified atom stereocenters.